The fraction of sp³-hybridized carbons (Fsp3) is 0.500. The molecule has 2 rings (SSSR count). The van der Waals surface area contributed by atoms with Crippen molar-refractivity contribution in [3.8, 4) is 5.88 Å². The molecule has 3 N–H and O–H groups in total. The van der Waals surface area contributed by atoms with Crippen molar-refractivity contribution in [2.24, 2.45) is 0 Å². The number of carboxylic acid groups (broad SMARTS) is 1. The maximum Gasteiger partial charge on any atom is 0.341 e. The summed E-state index contributed by atoms with van der Waals surface area (Å²) in [5.41, 5.74) is 5.78. The van der Waals surface area contributed by atoms with Gasteiger partial charge in [-0.25, -0.2) is 9.78 Å². The number of ether oxygens (including phenoxy) is 2. The summed E-state index contributed by atoms with van der Waals surface area (Å²) in [6, 6.07) is 1.34. The number of nitrogen functional groups attached to an aromatic ring is 1. The molecule has 6 nitrogen and oxygen atoms in total. The zero-order valence-electron chi connectivity index (χ0n) is 9.96. The fourth-order valence-electron chi connectivity index (χ4n) is 1.85. The highest BCUT2D eigenvalue weighted by Crippen LogP contribution is 2.20. The minimum Gasteiger partial charge on any atom is -0.477 e. The van der Waals surface area contributed by atoms with E-state index >= 15 is 0 Å². The van der Waals surface area contributed by atoms with Crippen LogP contribution in [-0.2, 0) is 4.74 Å². The summed E-state index contributed by atoms with van der Waals surface area (Å²) in [7, 11) is 0. The van der Waals surface area contributed by atoms with Gasteiger partial charge in [-0.1, -0.05) is 0 Å². The molecule has 98 valence electrons. The fourth-order valence-corrected chi connectivity index (χ4v) is 1.85. The molecular weight excluding hydrogens is 236 g/mol. The van der Waals surface area contributed by atoms with Crippen LogP contribution < -0.4 is 10.5 Å². The third kappa shape index (κ3) is 3.10. The number of aromatic nitrogens is 1. The Morgan fingerprint density at radius 1 is 1.61 bits per heavy atom. The SMILES string of the molecule is Nc1cnc(OCC2CCCCO2)c(C(=O)O)c1. The molecule has 1 atom stereocenters. The van der Waals surface area contributed by atoms with Gasteiger partial charge in [0.1, 0.15) is 12.2 Å². The number of nitrogens with zero attached hydrogens (tertiary/aromatic N) is 1. The van der Waals surface area contributed by atoms with E-state index in [1.54, 1.807) is 0 Å². The summed E-state index contributed by atoms with van der Waals surface area (Å²) < 4.78 is 10.9. The first kappa shape index (κ1) is 12.6. The third-order valence-electron chi connectivity index (χ3n) is 2.78. The van der Waals surface area contributed by atoms with E-state index < -0.39 is 5.97 Å². The number of carboxylic acids is 1. The summed E-state index contributed by atoms with van der Waals surface area (Å²) >= 11 is 0. The average Bonchev–Trinajstić information content (AvgIpc) is 2.38. The number of carbonyl (C=O) groups is 1. The van der Waals surface area contributed by atoms with Crippen molar-refractivity contribution in [2.75, 3.05) is 18.9 Å². The minimum absolute atomic E-state index is 0.0137. The quantitative estimate of drug-likeness (QED) is 0.839. The number of hydrogen-bond donors (Lipinski definition) is 2. The summed E-state index contributed by atoms with van der Waals surface area (Å²) in [6.07, 6.45) is 4.49. The van der Waals surface area contributed by atoms with Crippen LogP contribution in [0.1, 0.15) is 29.6 Å². The van der Waals surface area contributed by atoms with E-state index in [-0.39, 0.29) is 17.5 Å². The molecule has 0 spiro atoms. The number of aromatic carboxylic acids is 1. The van der Waals surface area contributed by atoms with E-state index in [4.69, 9.17) is 20.3 Å². The minimum atomic E-state index is -1.10. The van der Waals surface area contributed by atoms with E-state index in [0.717, 1.165) is 25.9 Å². The van der Waals surface area contributed by atoms with Gasteiger partial charge in [0.2, 0.25) is 5.88 Å². The molecule has 1 fully saturated rings. The Morgan fingerprint density at radius 2 is 2.44 bits per heavy atom. The summed E-state index contributed by atoms with van der Waals surface area (Å²) in [6.45, 7) is 1.05. The molecule has 1 aliphatic rings. The van der Waals surface area contributed by atoms with Crippen LogP contribution in [-0.4, -0.2) is 35.4 Å². The number of rotatable bonds is 4. The van der Waals surface area contributed by atoms with Gasteiger partial charge in [-0.15, -0.1) is 0 Å². The topological polar surface area (TPSA) is 94.7 Å². The monoisotopic (exact) mass is 252 g/mol. The molecule has 0 radical (unpaired) electrons. The predicted octanol–water partition coefficient (Wildman–Crippen LogP) is 1.31. The standard InChI is InChI=1S/C12H16N2O4/c13-8-5-10(12(15)16)11(14-6-8)18-7-9-3-1-2-4-17-9/h5-6,9H,1-4,7,13H2,(H,15,16). The first-order valence-electron chi connectivity index (χ1n) is 5.90. The highest BCUT2D eigenvalue weighted by Gasteiger charge is 2.18. The smallest absolute Gasteiger partial charge is 0.341 e. The molecule has 0 aromatic carbocycles. The number of anilines is 1. The first-order chi connectivity index (χ1) is 8.66. The van der Waals surface area contributed by atoms with E-state index in [1.165, 1.54) is 12.3 Å². The van der Waals surface area contributed by atoms with Gasteiger partial charge in [0.05, 0.1) is 18.0 Å². The lowest BCUT2D eigenvalue weighted by Gasteiger charge is -2.22. The zero-order valence-corrected chi connectivity index (χ0v) is 9.96. The van der Waals surface area contributed by atoms with Crippen LogP contribution in [0.5, 0.6) is 5.88 Å². The molecule has 1 aromatic rings. The van der Waals surface area contributed by atoms with E-state index in [0.29, 0.717) is 12.3 Å². The van der Waals surface area contributed by atoms with Gasteiger partial charge in [0.25, 0.3) is 0 Å². The average molecular weight is 252 g/mol. The highest BCUT2D eigenvalue weighted by atomic mass is 16.5. The second-order valence-electron chi connectivity index (χ2n) is 4.23. The molecule has 0 bridgehead atoms. The van der Waals surface area contributed by atoms with Gasteiger partial charge in [-0.3, -0.25) is 0 Å². The Morgan fingerprint density at radius 3 is 3.11 bits per heavy atom. The maximum absolute atomic E-state index is 11.0. The first-order valence-corrected chi connectivity index (χ1v) is 5.90. The van der Waals surface area contributed by atoms with Crippen LogP contribution >= 0.6 is 0 Å². The van der Waals surface area contributed by atoms with Gasteiger partial charge in [0, 0.05) is 6.61 Å². The largest absolute Gasteiger partial charge is 0.477 e. The van der Waals surface area contributed by atoms with Gasteiger partial charge in [-0.05, 0) is 25.3 Å². The van der Waals surface area contributed by atoms with Gasteiger partial charge >= 0.3 is 5.97 Å². The molecule has 1 saturated heterocycles. The molecule has 1 aliphatic heterocycles. The van der Waals surface area contributed by atoms with Crippen LogP contribution in [0, 0.1) is 0 Å². The van der Waals surface area contributed by atoms with Crippen molar-refractivity contribution in [3.05, 3.63) is 17.8 Å². The highest BCUT2D eigenvalue weighted by molar-refractivity contribution is 5.91. The molecule has 1 aromatic heterocycles. The molecule has 1 unspecified atom stereocenters. The number of nitrogens with two attached hydrogens (primary N) is 1. The Labute approximate surface area is 105 Å². The Bertz CT molecular complexity index is 430. The number of pyridine rings is 1. The van der Waals surface area contributed by atoms with Gasteiger partial charge in [0.15, 0.2) is 0 Å². The molecule has 6 heteroatoms. The predicted molar refractivity (Wildman–Crippen MR) is 64.7 cm³/mol. The summed E-state index contributed by atoms with van der Waals surface area (Å²) in [4.78, 5) is 14.9. The van der Waals surface area contributed by atoms with E-state index in [1.807, 2.05) is 0 Å². The molecule has 0 aliphatic carbocycles. The van der Waals surface area contributed by atoms with Crippen LogP contribution in [0.2, 0.25) is 0 Å². The van der Waals surface area contributed by atoms with Crippen molar-refractivity contribution in [2.45, 2.75) is 25.4 Å². The van der Waals surface area contributed by atoms with Crippen LogP contribution in [0.15, 0.2) is 12.3 Å². The third-order valence-corrected chi connectivity index (χ3v) is 2.78. The lowest BCUT2D eigenvalue weighted by molar-refractivity contribution is -0.0122. The molecule has 0 saturated carbocycles. The van der Waals surface area contributed by atoms with Gasteiger partial charge < -0.3 is 20.3 Å². The molecule has 0 amide bonds. The molecular formula is C12H16N2O4. The normalized spacial score (nSPS) is 19.4. The lowest BCUT2D eigenvalue weighted by atomic mass is 10.1. The second-order valence-corrected chi connectivity index (χ2v) is 4.23. The maximum atomic E-state index is 11.0. The summed E-state index contributed by atoms with van der Waals surface area (Å²) in [5, 5.41) is 9.02. The van der Waals surface area contributed by atoms with Crippen LogP contribution in [0.3, 0.4) is 0 Å². The summed E-state index contributed by atoms with van der Waals surface area (Å²) in [5.74, 6) is -1.01. The van der Waals surface area contributed by atoms with Crippen molar-refractivity contribution in [3.63, 3.8) is 0 Å². The van der Waals surface area contributed by atoms with Gasteiger partial charge in [-0.2, -0.15) is 0 Å². The van der Waals surface area contributed by atoms with E-state index in [2.05, 4.69) is 4.98 Å². The van der Waals surface area contributed by atoms with Crippen molar-refractivity contribution >= 4 is 11.7 Å². The van der Waals surface area contributed by atoms with Crippen molar-refractivity contribution in [1.82, 2.24) is 4.98 Å². The number of hydrogen-bond acceptors (Lipinski definition) is 5. The Balaban J connectivity index is 2.01. The lowest BCUT2D eigenvalue weighted by Crippen LogP contribution is -2.26. The Hall–Kier alpha value is -1.82. The second kappa shape index (κ2) is 5.68. The van der Waals surface area contributed by atoms with Crippen molar-refractivity contribution in [1.29, 1.82) is 0 Å². The zero-order chi connectivity index (χ0) is 13.0. The van der Waals surface area contributed by atoms with Crippen LogP contribution in [0.25, 0.3) is 0 Å². The van der Waals surface area contributed by atoms with E-state index in [9.17, 15) is 4.79 Å². The van der Waals surface area contributed by atoms with Crippen LogP contribution in [0.4, 0.5) is 5.69 Å². The Kier molecular flexibility index (Phi) is 3.99. The molecule has 2 heterocycles. The molecule has 18 heavy (non-hydrogen) atoms. The van der Waals surface area contributed by atoms with Crippen molar-refractivity contribution < 1.29 is 19.4 Å².